The van der Waals surface area contributed by atoms with E-state index in [-0.39, 0.29) is 6.04 Å². The molecule has 18 heavy (non-hydrogen) atoms. The van der Waals surface area contributed by atoms with Gasteiger partial charge in [0.15, 0.2) is 0 Å². The average molecular weight is 241 g/mol. The minimum atomic E-state index is 0.174. The van der Waals surface area contributed by atoms with Crippen LogP contribution in [0, 0.1) is 5.92 Å². The van der Waals surface area contributed by atoms with E-state index in [1.165, 1.54) is 29.2 Å². The Morgan fingerprint density at radius 3 is 2.39 bits per heavy atom. The van der Waals surface area contributed by atoms with Gasteiger partial charge in [0.05, 0.1) is 0 Å². The van der Waals surface area contributed by atoms with Crippen molar-refractivity contribution in [3.63, 3.8) is 0 Å². The Hall–Kier alpha value is -1.34. The first kappa shape index (κ1) is 13.1. The molecule has 0 aliphatic heterocycles. The Labute approximate surface area is 110 Å². The number of hydrogen-bond acceptors (Lipinski definition) is 1. The van der Waals surface area contributed by atoms with Gasteiger partial charge in [0, 0.05) is 6.04 Å². The minimum absolute atomic E-state index is 0.174. The molecule has 0 aromatic heterocycles. The summed E-state index contributed by atoms with van der Waals surface area (Å²) >= 11 is 0. The van der Waals surface area contributed by atoms with E-state index in [1.54, 1.807) is 0 Å². The highest BCUT2D eigenvalue weighted by atomic mass is 14.6. The highest BCUT2D eigenvalue weighted by Gasteiger charge is 2.07. The van der Waals surface area contributed by atoms with Crippen molar-refractivity contribution < 1.29 is 0 Å². The number of nitrogens with two attached hydrogens (primary N) is 1. The monoisotopic (exact) mass is 241 g/mol. The van der Waals surface area contributed by atoms with Crippen molar-refractivity contribution >= 4 is 10.8 Å². The van der Waals surface area contributed by atoms with Gasteiger partial charge in [-0.2, -0.15) is 0 Å². The van der Waals surface area contributed by atoms with Gasteiger partial charge < -0.3 is 5.73 Å². The maximum Gasteiger partial charge on any atom is 0.0295 e. The fourth-order valence-corrected chi connectivity index (χ4v) is 2.35. The molecule has 1 heteroatoms. The SMILES string of the molecule is CC(C)CCCC(N)c1ccc2ccccc2c1. The Bertz CT molecular complexity index is 502. The van der Waals surface area contributed by atoms with Gasteiger partial charge in [-0.15, -0.1) is 0 Å². The van der Waals surface area contributed by atoms with E-state index in [2.05, 4.69) is 56.3 Å². The van der Waals surface area contributed by atoms with Gasteiger partial charge in [0.25, 0.3) is 0 Å². The first-order valence-electron chi connectivity index (χ1n) is 6.91. The molecule has 0 radical (unpaired) electrons. The van der Waals surface area contributed by atoms with Crippen LogP contribution in [0.25, 0.3) is 10.8 Å². The summed E-state index contributed by atoms with van der Waals surface area (Å²) in [5.41, 5.74) is 7.53. The maximum absolute atomic E-state index is 6.27. The van der Waals surface area contributed by atoms with Gasteiger partial charge in [0.2, 0.25) is 0 Å². The van der Waals surface area contributed by atoms with Crippen molar-refractivity contribution in [3.05, 3.63) is 48.0 Å². The number of hydrogen-bond donors (Lipinski definition) is 1. The van der Waals surface area contributed by atoms with Crippen LogP contribution in [0.4, 0.5) is 0 Å². The third-order valence-corrected chi connectivity index (χ3v) is 3.50. The predicted molar refractivity (Wildman–Crippen MR) is 79.6 cm³/mol. The van der Waals surface area contributed by atoms with Gasteiger partial charge in [-0.05, 0) is 34.7 Å². The molecule has 2 aromatic carbocycles. The summed E-state index contributed by atoms with van der Waals surface area (Å²) in [4.78, 5) is 0. The summed E-state index contributed by atoms with van der Waals surface area (Å²) in [6.07, 6.45) is 3.56. The van der Waals surface area contributed by atoms with E-state index in [0.717, 1.165) is 12.3 Å². The van der Waals surface area contributed by atoms with E-state index < -0.39 is 0 Å². The molecule has 0 amide bonds. The molecule has 0 heterocycles. The molecule has 0 spiro atoms. The molecule has 0 saturated heterocycles. The molecule has 0 aliphatic carbocycles. The van der Waals surface area contributed by atoms with Crippen molar-refractivity contribution in [2.45, 2.75) is 39.2 Å². The van der Waals surface area contributed by atoms with Crippen molar-refractivity contribution in [1.29, 1.82) is 0 Å². The summed E-state index contributed by atoms with van der Waals surface area (Å²) in [6.45, 7) is 4.53. The lowest BCUT2D eigenvalue weighted by Crippen LogP contribution is -2.10. The molecule has 2 aromatic rings. The zero-order chi connectivity index (χ0) is 13.0. The fraction of sp³-hybridized carbons (Fsp3) is 0.412. The van der Waals surface area contributed by atoms with Gasteiger partial charge in [-0.1, -0.05) is 63.1 Å². The van der Waals surface area contributed by atoms with E-state index in [9.17, 15) is 0 Å². The molecule has 2 N–H and O–H groups in total. The summed E-state index contributed by atoms with van der Waals surface area (Å²) < 4.78 is 0. The molecule has 0 aliphatic rings. The molecule has 0 saturated carbocycles. The fourth-order valence-electron chi connectivity index (χ4n) is 2.35. The van der Waals surface area contributed by atoms with Crippen molar-refractivity contribution in [1.82, 2.24) is 0 Å². The first-order chi connectivity index (χ1) is 8.66. The van der Waals surface area contributed by atoms with Crippen LogP contribution in [0.2, 0.25) is 0 Å². The van der Waals surface area contributed by atoms with Crippen LogP contribution in [0.1, 0.15) is 44.7 Å². The largest absolute Gasteiger partial charge is 0.324 e. The van der Waals surface area contributed by atoms with Crippen molar-refractivity contribution in [2.24, 2.45) is 11.7 Å². The Morgan fingerprint density at radius 1 is 0.944 bits per heavy atom. The lowest BCUT2D eigenvalue weighted by molar-refractivity contribution is 0.506. The third kappa shape index (κ3) is 3.33. The van der Waals surface area contributed by atoms with Gasteiger partial charge in [0.1, 0.15) is 0 Å². The number of benzene rings is 2. The second-order valence-electron chi connectivity index (χ2n) is 5.54. The molecule has 0 fully saturated rings. The second kappa shape index (κ2) is 6.01. The Morgan fingerprint density at radius 2 is 1.67 bits per heavy atom. The summed E-state index contributed by atoms with van der Waals surface area (Å²) in [5.74, 6) is 0.772. The molecule has 0 bridgehead atoms. The standard InChI is InChI=1S/C17H23N/c1-13(2)6-5-9-17(18)16-11-10-14-7-3-4-8-15(14)12-16/h3-4,7-8,10-13,17H,5-6,9,18H2,1-2H3. The quantitative estimate of drug-likeness (QED) is 0.809. The lowest BCUT2D eigenvalue weighted by Gasteiger charge is -2.13. The molecular formula is C17H23N. The normalized spacial score (nSPS) is 13.1. The smallest absolute Gasteiger partial charge is 0.0295 e. The molecule has 1 atom stereocenters. The Balaban J connectivity index is 2.06. The van der Waals surface area contributed by atoms with Crippen LogP contribution in [0.3, 0.4) is 0 Å². The van der Waals surface area contributed by atoms with Crippen LogP contribution in [0.5, 0.6) is 0 Å². The number of rotatable bonds is 5. The van der Waals surface area contributed by atoms with Gasteiger partial charge in [-0.25, -0.2) is 0 Å². The summed E-state index contributed by atoms with van der Waals surface area (Å²) in [5, 5.41) is 2.57. The molecule has 96 valence electrons. The van der Waals surface area contributed by atoms with Crippen molar-refractivity contribution in [3.8, 4) is 0 Å². The zero-order valence-corrected chi connectivity index (χ0v) is 11.4. The second-order valence-corrected chi connectivity index (χ2v) is 5.54. The van der Waals surface area contributed by atoms with Gasteiger partial charge in [-0.3, -0.25) is 0 Å². The predicted octanol–water partition coefficient (Wildman–Crippen LogP) is 4.67. The summed E-state index contributed by atoms with van der Waals surface area (Å²) in [6, 6.07) is 15.2. The van der Waals surface area contributed by atoms with E-state index in [0.29, 0.717) is 0 Å². The summed E-state index contributed by atoms with van der Waals surface area (Å²) in [7, 11) is 0. The molecule has 1 unspecified atom stereocenters. The van der Waals surface area contributed by atoms with Crippen LogP contribution < -0.4 is 5.73 Å². The Kier molecular flexibility index (Phi) is 4.38. The average Bonchev–Trinajstić information content (AvgIpc) is 2.37. The van der Waals surface area contributed by atoms with E-state index in [1.807, 2.05) is 0 Å². The molecule has 2 rings (SSSR count). The lowest BCUT2D eigenvalue weighted by atomic mass is 9.97. The van der Waals surface area contributed by atoms with E-state index in [4.69, 9.17) is 5.73 Å². The van der Waals surface area contributed by atoms with Crippen molar-refractivity contribution in [2.75, 3.05) is 0 Å². The topological polar surface area (TPSA) is 26.0 Å². The van der Waals surface area contributed by atoms with Gasteiger partial charge >= 0.3 is 0 Å². The zero-order valence-electron chi connectivity index (χ0n) is 11.4. The van der Waals surface area contributed by atoms with Crippen LogP contribution in [-0.2, 0) is 0 Å². The highest BCUT2D eigenvalue weighted by Crippen LogP contribution is 2.22. The molecule has 1 nitrogen and oxygen atoms in total. The molecular weight excluding hydrogens is 218 g/mol. The van der Waals surface area contributed by atoms with E-state index >= 15 is 0 Å². The minimum Gasteiger partial charge on any atom is -0.324 e. The van der Waals surface area contributed by atoms with Crippen LogP contribution in [-0.4, -0.2) is 0 Å². The third-order valence-electron chi connectivity index (χ3n) is 3.50. The maximum atomic E-state index is 6.27. The van der Waals surface area contributed by atoms with Crippen LogP contribution >= 0.6 is 0 Å². The number of fused-ring (bicyclic) bond motifs is 1. The highest BCUT2D eigenvalue weighted by molar-refractivity contribution is 5.83. The first-order valence-corrected chi connectivity index (χ1v) is 6.91. The van der Waals surface area contributed by atoms with Crippen LogP contribution in [0.15, 0.2) is 42.5 Å².